The smallest absolute Gasteiger partial charge is 0.289 e. The average molecular weight is 435 g/mol. The molecular formula is C25H30N4O3. The van der Waals surface area contributed by atoms with E-state index in [0.717, 1.165) is 24.3 Å². The van der Waals surface area contributed by atoms with Crippen LogP contribution in [0.4, 0.5) is 0 Å². The van der Waals surface area contributed by atoms with Gasteiger partial charge in [0.25, 0.3) is 5.91 Å². The fourth-order valence-electron chi connectivity index (χ4n) is 3.21. The van der Waals surface area contributed by atoms with Crippen LogP contribution in [0, 0.1) is 0 Å². The highest BCUT2D eigenvalue weighted by Crippen LogP contribution is 2.21. The van der Waals surface area contributed by atoms with E-state index in [0.29, 0.717) is 17.0 Å². The van der Waals surface area contributed by atoms with Gasteiger partial charge in [0, 0.05) is 5.56 Å². The van der Waals surface area contributed by atoms with Crippen LogP contribution in [0.2, 0.25) is 0 Å². The predicted octanol–water partition coefficient (Wildman–Crippen LogP) is 5.29. The number of benzene rings is 2. The summed E-state index contributed by atoms with van der Waals surface area (Å²) >= 11 is 0. The molecule has 3 rings (SSSR count). The minimum atomic E-state index is -0.404. The molecule has 0 saturated heterocycles. The molecule has 0 aliphatic heterocycles. The number of amides is 1. The van der Waals surface area contributed by atoms with Crippen LogP contribution in [0.3, 0.4) is 0 Å². The van der Waals surface area contributed by atoms with Crippen molar-refractivity contribution < 1.29 is 14.6 Å². The van der Waals surface area contributed by atoms with Gasteiger partial charge in [-0.1, -0.05) is 51.2 Å². The Bertz CT molecular complexity index is 1010. The third-order valence-corrected chi connectivity index (χ3v) is 4.99. The van der Waals surface area contributed by atoms with Crippen molar-refractivity contribution in [1.29, 1.82) is 0 Å². The van der Waals surface area contributed by atoms with E-state index in [1.54, 1.807) is 30.3 Å². The normalized spacial score (nSPS) is 11.0. The van der Waals surface area contributed by atoms with E-state index >= 15 is 0 Å². The van der Waals surface area contributed by atoms with Crippen molar-refractivity contribution in [1.82, 2.24) is 15.6 Å². The van der Waals surface area contributed by atoms with Gasteiger partial charge in [-0.05, 0) is 54.4 Å². The van der Waals surface area contributed by atoms with Gasteiger partial charge in [0.2, 0.25) is 0 Å². The molecule has 7 nitrogen and oxygen atoms in total. The van der Waals surface area contributed by atoms with Gasteiger partial charge in [0.15, 0.2) is 0 Å². The van der Waals surface area contributed by atoms with Crippen LogP contribution >= 0.6 is 0 Å². The summed E-state index contributed by atoms with van der Waals surface area (Å²) in [5.74, 6) is 0.563. The molecule has 1 aromatic heterocycles. The number of hydrazone groups is 1. The Morgan fingerprint density at radius 1 is 1.09 bits per heavy atom. The van der Waals surface area contributed by atoms with Crippen molar-refractivity contribution in [3.05, 3.63) is 65.9 Å². The molecule has 0 spiro atoms. The topological polar surface area (TPSA) is 99.6 Å². The molecule has 168 valence electrons. The van der Waals surface area contributed by atoms with Gasteiger partial charge < -0.3 is 9.84 Å². The molecular weight excluding hydrogens is 404 g/mol. The van der Waals surface area contributed by atoms with Crippen LogP contribution in [-0.2, 0) is 0 Å². The van der Waals surface area contributed by atoms with Gasteiger partial charge in [-0.2, -0.15) is 10.2 Å². The number of hydrogen-bond acceptors (Lipinski definition) is 5. The Morgan fingerprint density at radius 2 is 1.88 bits per heavy atom. The number of carbonyl (C=O) groups excluding carboxylic acids is 1. The van der Waals surface area contributed by atoms with E-state index in [-0.39, 0.29) is 5.75 Å². The van der Waals surface area contributed by atoms with Gasteiger partial charge in [0.1, 0.15) is 17.2 Å². The Labute approximate surface area is 188 Å². The van der Waals surface area contributed by atoms with E-state index in [4.69, 9.17) is 4.74 Å². The number of aromatic hydroxyl groups is 1. The molecule has 1 amide bonds. The number of unbranched alkanes of at least 4 members (excludes halogenated alkanes) is 5. The monoisotopic (exact) mass is 434 g/mol. The zero-order valence-electron chi connectivity index (χ0n) is 18.4. The Morgan fingerprint density at radius 3 is 2.66 bits per heavy atom. The van der Waals surface area contributed by atoms with Crippen molar-refractivity contribution >= 4 is 12.1 Å². The molecule has 3 aromatic rings. The maximum atomic E-state index is 12.3. The van der Waals surface area contributed by atoms with Gasteiger partial charge >= 0.3 is 0 Å². The zero-order chi connectivity index (χ0) is 22.6. The Hall–Kier alpha value is -3.61. The summed E-state index contributed by atoms with van der Waals surface area (Å²) < 4.78 is 5.81. The lowest BCUT2D eigenvalue weighted by Gasteiger charge is -2.06. The number of nitrogens with one attached hydrogen (secondary N) is 2. The van der Waals surface area contributed by atoms with Crippen LogP contribution in [0.15, 0.2) is 59.7 Å². The molecule has 0 radical (unpaired) electrons. The summed E-state index contributed by atoms with van der Waals surface area (Å²) in [6, 6.07) is 15.9. The highest BCUT2D eigenvalue weighted by molar-refractivity contribution is 5.94. The SMILES string of the molecule is CCCCCCCCOc1ccc(-c2cc(C(=O)N/N=C/c3cccc(O)c3)[nH]n2)cc1. The third-order valence-electron chi connectivity index (χ3n) is 4.99. The predicted molar refractivity (Wildman–Crippen MR) is 126 cm³/mol. The molecule has 7 heteroatoms. The first-order valence-corrected chi connectivity index (χ1v) is 11.1. The minimum absolute atomic E-state index is 0.136. The molecule has 0 aliphatic rings. The van der Waals surface area contributed by atoms with Crippen LogP contribution in [0.5, 0.6) is 11.5 Å². The largest absolute Gasteiger partial charge is 0.508 e. The van der Waals surface area contributed by atoms with Crippen molar-refractivity contribution in [2.75, 3.05) is 6.61 Å². The number of aromatic amines is 1. The Kier molecular flexibility index (Phi) is 8.86. The first-order valence-electron chi connectivity index (χ1n) is 11.1. The standard InChI is InChI=1S/C25H30N4O3/c1-2-3-4-5-6-7-15-32-22-13-11-20(12-14-22)23-17-24(28-27-23)25(31)29-26-18-19-9-8-10-21(30)16-19/h8-14,16-18,30H,2-7,15H2,1H3,(H,27,28)(H,29,31)/b26-18+. The quantitative estimate of drug-likeness (QED) is 0.205. The van der Waals surface area contributed by atoms with Crippen LogP contribution in [-0.4, -0.2) is 34.0 Å². The fourth-order valence-corrected chi connectivity index (χ4v) is 3.21. The molecule has 0 fully saturated rings. The highest BCUT2D eigenvalue weighted by Gasteiger charge is 2.10. The first kappa shape index (κ1) is 23.1. The summed E-state index contributed by atoms with van der Waals surface area (Å²) in [5, 5.41) is 20.3. The van der Waals surface area contributed by atoms with E-state index in [1.165, 1.54) is 38.3 Å². The van der Waals surface area contributed by atoms with E-state index < -0.39 is 5.91 Å². The maximum Gasteiger partial charge on any atom is 0.289 e. The number of hydrogen-bond donors (Lipinski definition) is 3. The van der Waals surface area contributed by atoms with Crippen molar-refractivity contribution in [3.63, 3.8) is 0 Å². The number of carbonyl (C=O) groups is 1. The van der Waals surface area contributed by atoms with Crippen LogP contribution < -0.4 is 10.2 Å². The number of ether oxygens (including phenoxy) is 1. The lowest BCUT2D eigenvalue weighted by molar-refractivity contribution is 0.0950. The number of aromatic nitrogens is 2. The van der Waals surface area contributed by atoms with E-state index in [9.17, 15) is 9.90 Å². The van der Waals surface area contributed by atoms with E-state index in [1.807, 2.05) is 24.3 Å². The summed E-state index contributed by atoms with van der Waals surface area (Å²) in [7, 11) is 0. The molecule has 0 aliphatic carbocycles. The second kappa shape index (κ2) is 12.3. The number of nitrogens with zero attached hydrogens (tertiary/aromatic N) is 2. The molecule has 0 unspecified atom stereocenters. The highest BCUT2D eigenvalue weighted by atomic mass is 16.5. The number of rotatable bonds is 12. The van der Waals surface area contributed by atoms with Gasteiger partial charge in [0.05, 0.1) is 18.5 Å². The minimum Gasteiger partial charge on any atom is -0.508 e. The van der Waals surface area contributed by atoms with Gasteiger partial charge in [-0.15, -0.1) is 0 Å². The average Bonchev–Trinajstić information content (AvgIpc) is 3.29. The summed E-state index contributed by atoms with van der Waals surface area (Å²) in [5.41, 5.74) is 4.97. The third kappa shape index (κ3) is 7.27. The van der Waals surface area contributed by atoms with Crippen LogP contribution in [0.25, 0.3) is 11.3 Å². The lowest BCUT2D eigenvalue weighted by Crippen LogP contribution is -2.17. The molecule has 2 aromatic carbocycles. The van der Waals surface area contributed by atoms with E-state index in [2.05, 4.69) is 27.6 Å². The molecule has 32 heavy (non-hydrogen) atoms. The summed E-state index contributed by atoms with van der Waals surface area (Å²) in [4.78, 5) is 12.3. The fraction of sp³-hybridized carbons (Fsp3) is 0.320. The molecule has 0 atom stereocenters. The molecule has 0 saturated carbocycles. The number of phenolic OH excluding ortho intramolecular Hbond substituents is 1. The first-order chi connectivity index (χ1) is 15.7. The van der Waals surface area contributed by atoms with Crippen molar-refractivity contribution in [2.24, 2.45) is 5.10 Å². The number of H-pyrrole nitrogens is 1. The van der Waals surface area contributed by atoms with Gasteiger partial charge in [-0.25, -0.2) is 5.43 Å². The number of phenols is 1. The Balaban J connectivity index is 1.46. The van der Waals surface area contributed by atoms with Gasteiger partial charge in [-0.3, -0.25) is 9.89 Å². The molecule has 0 bridgehead atoms. The lowest BCUT2D eigenvalue weighted by atomic mass is 10.1. The molecule has 1 heterocycles. The second-order valence-electron chi connectivity index (χ2n) is 7.60. The summed E-state index contributed by atoms with van der Waals surface area (Å²) in [6.07, 6.45) is 8.87. The zero-order valence-corrected chi connectivity index (χ0v) is 18.4. The summed E-state index contributed by atoms with van der Waals surface area (Å²) in [6.45, 7) is 2.95. The second-order valence-corrected chi connectivity index (χ2v) is 7.60. The maximum absolute atomic E-state index is 12.3. The van der Waals surface area contributed by atoms with Crippen molar-refractivity contribution in [3.8, 4) is 22.8 Å². The van der Waals surface area contributed by atoms with Crippen LogP contribution in [0.1, 0.15) is 61.5 Å². The molecule has 3 N–H and O–H groups in total. The van der Waals surface area contributed by atoms with Crippen molar-refractivity contribution in [2.45, 2.75) is 45.4 Å².